The van der Waals surface area contributed by atoms with Gasteiger partial charge in [-0.15, -0.1) is 0 Å². The molecule has 1 aliphatic heterocycles. The topological polar surface area (TPSA) is 139 Å². The first-order valence-corrected chi connectivity index (χ1v) is 6.65. The van der Waals surface area contributed by atoms with E-state index < -0.39 is 30.4 Å². The van der Waals surface area contributed by atoms with Gasteiger partial charge in [-0.1, -0.05) is 0 Å². The zero-order chi connectivity index (χ0) is 16.7. The van der Waals surface area contributed by atoms with Gasteiger partial charge in [-0.05, 0) is 0 Å². The van der Waals surface area contributed by atoms with Crippen molar-refractivity contribution in [3.63, 3.8) is 0 Å². The van der Waals surface area contributed by atoms with Crippen LogP contribution in [-0.2, 0) is 19.2 Å². The van der Waals surface area contributed by atoms with Crippen LogP contribution in [0.5, 0.6) is 0 Å². The number of carboxylic acids is 3. The Balaban J connectivity index is 2.83. The van der Waals surface area contributed by atoms with E-state index in [9.17, 15) is 19.2 Å². The van der Waals surface area contributed by atoms with E-state index >= 15 is 0 Å². The lowest BCUT2D eigenvalue weighted by Crippen LogP contribution is -2.44. The van der Waals surface area contributed by atoms with Crippen LogP contribution < -0.4 is 0 Å². The van der Waals surface area contributed by atoms with Crippen LogP contribution in [0.1, 0.15) is 0 Å². The fraction of sp³-hybridized carbons (Fsp3) is 0.667. The van der Waals surface area contributed by atoms with Crippen LogP contribution >= 0.6 is 0 Å². The molecule has 1 rings (SSSR count). The maximum absolute atomic E-state index is 12.1. The Morgan fingerprint density at radius 1 is 0.773 bits per heavy atom. The van der Waals surface area contributed by atoms with Gasteiger partial charge >= 0.3 is 17.9 Å². The van der Waals surface area contributed by atoms with Crippen molar-refractivity contribution in [3.05, 3.63) is 0 Å². The van der Waals surface area contributed by atoms with Crippen LogP contribution in [0.2, 0.25) is 0 Å². The van der Waals surface area contributed by atoms with E-state index in [2.05, 4.69) is 0 Å². The molecule has 3 N–H and O–H groups in total. The van der Waals surface area contributed by atoms with Crippen molar-refractivity contribution < 1.29 is 34.5 Å². The number of hydrogen-bond donors (Lipinski definition) is 3. The molecule has 0 aromatic carbocycles. The standard InChI is InChI=1S/C12H19N3O7/c16-9-5-14(7-11(19)20)2-1-13(6-10(17)18)3-4-15(9)8-12(21)22/h1-8H2,(H,17,18)(H,19,20)(H,21,22). The zero-order valence-electron chi connectivity index (χ0n) is 12.0. The van der Waals surface area contributed by atoms with Crippen LogP contribution in [-0.4, -0.2) is 106 Å². The van der Waals surface area contributed by atoms with Gasteiger partial charge in [0.1, 0.15) is 6.54 Å². The van der Waals surface area contributed by atoms with Crippen LogP contribution in [0, 0.1) is 0 Å². The monoisotopic (exact) mass is 317 g/mol. The second kappa shape index (κ2) is 8.29. The van der Waals surface area contributed by atoms with Crippen molar-refractivity contribution >= 4 is 23.8 Å². The summed E-state index contributed by atoms with van der Waals surface area (Å²) in [5, 5.41) is 26.5. The highest BCUT2D eigenvalue weighted by Gasteiger charge is 2.24. The first-order valence-electron chi connectivity index (χ1n) is 6.65. The number of hydrogen-bond acceptors (Lipinski definition) is 6. The number of amides is 1. The lowest BCUT2D eigenvalue weighted by atomic mass is 10.4. The van der Waals surface area contributed by atoms with Crippen molar-refractivity contribution in [3.8, 4) is 0 Å². The first kappa shape index (κ1) is 17.9. The highest BCUT2D eigenvalue weighted by Crippen LogP contribution is 2.02. The molecule has 0 spiro atoms. The van der Waals surface area contributed by atoms with E-state index in [1.807, 2.05) is 0 Å². The zero-order valence-corrected chi connectivity index (χ0v) is 12.0. The molecule has 0 atom stereocenters. The number of nitrogens with zero attached hydrogens (tertiary/aromatic N) is 3. The number of aliphatic carboxylic acids is 3. The number of rotatable bonds is 6. The maximum Gasteiger partial charge on any atom is 0.323 e. The summed E-state index contributed by atoms with van der Waals surface area (Å²) in [5.41, 5.74) is 0. The number of carboxylic acid groups (broad SMARTS) is 3. The average Bonchev–Trinajstić information content (AvgIpc) is 2.42. The molecule has 0 radical (unpaired) electrons. The molecule has 1 heterocycles. The Morgan fingerprint density at radius 2 is 1.23 bits per heavy atom. The summed E-state index contributed by atoms with van der Waals surface area (Å²) in [6.45, 7) is -0.531. The molecule has 0 unspecified atom stereocenters. The largest absolute Gasteiger partial charge is 0.480 e. The molecule has 124 valence electrons. The normalized spacial score (nSPS) is 18.4. The summed E-state index contributed by atoms with van der Waals surface area (Å²) >= 11 is 0. The third-order valence-electron chi connectivity index (χ3n) is 3.17. The van der Waals surface area contributed by atoms with Crippen molar-refractivity contribution in [1.29, 1.82) is 0 Å². The summed E-state index contributed by atoms with van der Waals surface area (Å²) < 4.78 is 0. The van der Waals surface area contributed by atoms with Crippen LogP contribution in [0.3, 0.4) is 0 Å². The Hall–Kier alpha value is -2.20. The maximum atomic E-state index is 12.1. The summed E-state index contributed by atoms with van der Waals surface area (Å²) in [7, 11) is 0. The summed E-state index contributed by atoms with van der Waals surface area (Å²) in [5.74, 6) is -3.82. The first-order chi connectivity index (χ1) is 10.3. The molecule has 1 aliphatic rings. The number of carbonyl (C=O) groups is 4. The molecule has 22 heavy (non-hydrogen) atoms. The third-order valence-corrected chi connectivity index (χ3v) is 3.17. The van der Waals surface area contributed by atoms with E-state index in [0.717, 1.165) is 4.90 Å². The van der Waals surface area contributed by atoms with Crippen molar-refractivity contribution in [2.24, 2.45) is 0 Å². The Labute approximate surface area is 126 Å². The molecular formula is C12H19N3O7. The minimum atomic E-state index is -1.18. The minimum Gasteiger partial charge on any atom is -0.480 e. The molecule has 0 aromatic rings. The van der Waals surface area contributed by atoms with Gasteiger partial charge in [0.15, 0.2) is 0 Å². The Kier molecular flexibility index (Phi) is 6.73. The Bertz CT molecular complexity index is 454. The van der Waals surface area contributed by atoms with Gasteiger partial charge in [0.25, 0.3) is 0 Å². The molecule has 0 saturated carbocycles. The molecule has 1 amide bonds. The highest BCUT2D eigenvalue weighted by atomic mass is 16.4. The quantitative estimate of drug-likeness (QED) is 0.493. The van der Waals surface area contributed by atoms with Crippen molar-refractivity contribution in [1.82, 2.24) is 14.7 Å². The fourth-order valence-electron chi connectivity index (χ4n) is 2.16. The van der Waals surface area contributed by atoms with E-state index in [1.165, 1.54) is 4.90 Å². The minimum absolute atomic E-state index is 0.0827. The van der Waals surface area contributed by atoms with Crippen LogP contribution in [0.15, 0.2) is 0 Å². The van der Waals surface area contributed by atoms with Gasteiger partial charge < -0.3 is 20.2 Å². The second-order valence-corrected chi connectivity index (χ2v) is 4.98. The lowest BCUT2D eigenvalue weighted by molar-refractivity contribution is -0.145. The lowest BCUT2D eigenvalue weighted by Gasteiger charge is -2.23. The van der Waals surface area contributed by atoms with Gasteiger partial charge in [-0.2, -0.15) is 0 Å². The molecule has 10 heteroatoms. The summed E-state index contributed by atoms with van der Waals surface area (Å²) in [6.07, 6.45) is 0. The SMILES string of the molecule is O=C(O)CN1CCN(CC(=O)O)CC(=O)N(CC(=O)O)CC1. The van der Waals surface area contributed by atoms with E-state index in [1.54, 1.807) is 4.90 Å². The smallest absolute Gasteiger partial charge is 0.323 e. The molecule has 0 aliphatic carbocycles. The Morgan fingerprint density at radius 3 is 1.77 bits per heavy atom. The third kappa shape index (κ3) is 6.50. The van der Waals surface area contributed by atoms with E-state index in [-0.39, 0.29) is 45.8 Å². The van der Waals surface area contributed by atoms with Crippen molar-refractivity contribution in [2.75, 3.05) is 52.4 Å². The molecule has 1 fully saturated rings. The predicted octanol–water partition coefficient (Wildman–Crippen LogP) is -2.31. The highest BCUT2D eigenvalue weighted by molar-refractivity contribution is 5.83. The van der Waals surface area contributed by atoms with Gasteiger partial charge in [0, 0.05) is 26.2 Å². The van der Waals surface area contributed by atoms with Gasteiger partial charge in [-0.25, -0.2) is 0 Å². The molecule has 0 aromatic heterocycles. The molecule has 0 bridgehead atoms. The van der Waals surface area contributed by atoms with Crippen LogP contribution in [0.25, 0.3) is 0 Å². The second-order valence-electron chi connectivity index (χ2n) is 4.98. The molecular weight excluding hydrogens is 298 g/mol. The fourth-order valence-corrected chi connectivity index (χ4v) is 2.16. The van der Waals surface area contributed by atoms with Gasteiger partial charge in [0.05, 0.1) is 19.6 Å². The number of carbonyl (C=O) groups excluding carboxylic acids is 1. The summed E-state index contributed by atoms with van der Waals surface area (Å²) in [6, 6.07) is 0. The van der Waals surface area contributed by atoms with Gasteiger partial charge in [-0.3, -0.25) is 29.0 Å². The summed E-state index contributed by atoms with van der Waals surface area (Å²) in [4.78, 5) is 48.5. The predicted molar refractivity (Wildman–Crippen MR) is 72.4 cm³/mol. The van der Waals surface area contributed by atoms with E-state index in [4.69, 9.17) is 15.3 Å². The molecule has 1 saturated heterocycles. The van der Waals surface area contributed by atoms with Crippen LogP contribution in [0.4, 0.5) is 0 Å². The average molecular weight is 317 g/mol. The van der Waals surface area contributed by atoms with Crippen molar-refractivity contribution in [2.45, 2.75) is 0 Å². The molecule has 10 nitrogen and oxygen atoms in total. The van der Waals surface area contributed by atoms with E-state index in [0.29, 0.717) is 0 Å². The van der Waals surface area contributed by atoms with Gasteiger partial charge in [0.2, 0.25) is 5.91 Å².